The molecule has 168 valence electrons. The lowest BCUT2D eigenvalue weighted by atomic mass is 10.2. The van der Waals surface area contributed by atoms with E-state index in [1.54, 1.807) is 10.7 Å². The summed E-state index contributed by atoms with van der Waals surface area (Å²) in [4.78, 5) is 28.5. The minimum absolute atomic E-state index is 0.0569. The number of aromatic nitrogens is 1. The highest BCUT2D eigenvalue weighted by molar-refractivity contribution is 7.13. The van der Waals surface area contributed by atoms with Gasteiger partial charge in [-0.25, -0.2) is 4.98 Å². The molecule has 0 saturated heterocycles. The van der Waals surface area contributed by atoms with Crippen LogP contribution in [0.25, 0.3) is 10.6 Å². The molecule has 0 unspecified atom stereocenters. The molecule has 3 rings (SSSR count). The molecule has 0 fully saturated rings. The summed E-state index contributed by atoms with van der Waals surface area (Å²) in [6.45, 7) is 1.09. The number of anilines is 1. The van der Waals surface area contributed by atoms with Crippen molar-refractivity contribution in [3.63, 3.8) is 0 Å². The maximum atomic E-state index is 12.3. The molecule has 0 aliphatic heterocycles. The first-order valence-electron chi connectivity index (χ1n) is 9.66. The molecule has 32 heavy (non-hydrogen) atoms. The van der Waals surface area contributed by atoms with Crippen molar-refractivity contribution in [1.29, 1.82) is 0 Å². The Labute approximate surface area is 186 Å². The number of hydrogen-bond donors (Lipinski definition) is 2. The number of nitrogens with zero attached hydrogens (tertiary/aromatic N) is 1. The molecule has 1 heterocycles. The zero-order chi connectivity index (χ0) is 23.1. The van der Waals surface area contributed by atoms with E-state index in [1.807, 2.05) is 31.2 Å². The summed E-state index contributed by atoms with van der Waals surface area (Å²) in [7, 11) is 0. The zero-order valence-corrected chi connectivity index (χ0v) is 17.8. The lowest BCUT2D eigenvalue weighted by molar-refractivity contribution is -0.123. The van der Waals surface area contributed by atoms with Crippen LogP contribution in [-0.2, 0) is 11.2 Å². The molecule has 3 aromatic rings. The summed E-state index contributed by atoms with van der Waals surface area (Å²) in [6, 6.07) is 13.1. The normalized spacial score (nSPS) is 11.1. The molecule has 0 spiro atoms. The van der Waals surface area contributed by atoms with Crippen molar-refractivity contribution in [2.24, 2.45) is 0 Å². The van der Waals surface area contributed by atoms with Gasteiger partial charge in [-0.2, -0.15) is 13.2 Å². The van der Waals surface area contributed by atoms with E-state index in [1.165, 1.54) is 35.6 Å². The van der Waals surface area contributed by atoms with Crippen LogP contribution < -0.4 is 15.4 Å². The van der Waals surface area contributed by atoms with Crippen LogP contribution in [0.2, 0.25) is 0 Å². The Balaban J connectivity index is 1.54. The molecule has 0 radical (unpaired) electrons. The van der Waals surface area contributed by atoms with Crippen LogP contribution in [-0.4, -0.2) is 36.1 Å². The number of alkyl halides is 3. The van der Waals surface area contributed by atoms with Crippen LogP contribution >= 0.6 is 11.3 Å². The van der Waals surface area contributed by atoms with Crippen LogP contribution in [0.5, 0.6) is 5.75 Å². The van der Waals surface area contributed by atoms with Gasteiger partial charge in [0.05, 0.1) is 18.7 Å². The van der Waals surface area contributed by atoms with Gasteiger partial charge in [0.2, 0.25) is 5.91 Å². The first-order chi connectivity index (χ1) is 15.2. The lowest BCUT2D eigenvalue weighted by Crippen LogP contribution is -2.33. The summed E-state index contributed by atoms with van der Waals surface area (Å²) in [5.74, 6) is -0.372. The van der Waals surface area contributed by atoms with E-state index in [0.29, 0.717) is 18.0 Å². The number of carbonyl (C=O) groups is 2. The van der Waals surface area contributed by atoms with Crippen LogP contribution in [0.15, 0.2) is 53.9 Å². The number of rotatable bonds is 8. The SMILES string of the molecule is CCOc1ccc(-c2nc(CC(=O)Nc3ccc(C(=O)NCC(F)(F)F)cc3)cs2)cc1. The number of amides is 2. The smallest absolute Gasteiger partial charge is 0.405 e. The Bertz CT molecular complexity index is 1060. The monoisotopic (exact) mass is 463 g/mol. The van der Waals surface area contributed by atoms with Gasteiger partial charge in [0.25, 0.3) is 5.91 Å². The number of nitrogens with one attached hydrogen (secondary N) is 2. The Morgan fingerprint density at radius 3 is 2.38 bits per heavy atom. The van der Waals surface area contributed by atoms with Crippen molar-refractivity contribution >= 4 is 28.8 Å². The largest absolute Gasteiger partial charge is 0.494 e. The van der Waals surface area contributed by atoms with Crippen molar-refractivity contribution in [3.8, 4) is 16.3 Å². The molecule has 10 heteroatoms. The molecule has 0 aliphatic rings. The minimum Gasteiger partial charge on any atom is -0.494 e. The number of halogens is 3. The number of hydrogen-bond acceptors (Lipinski definition) is 5. The fourth-order valence-electron chi connectivity index (χ4n) is 2.74. The van der Waals surface area contributed by atoms with E-state index in [9.17, 15) is 22.8 Å². The molecule has 2 aromatic carbocycles. The van der Waals surface area contributed by atoms with Gasteiger partial charge >= 0.3 is 6.18 Å². The number of ether oxygens (including phenoxy) is 1. The Morgan fingerprint density at radius 1 is 1.06 bits per heavy atom. The second kappa shape index (κ2) is 10.3. The van der Waals surface area contributed by atoms with Gasteiger partial charge in [0.15, 0.2) is 0 Å². The van der Waals surface area contributed by atoms with Crippen molar-refractivity contribution in [2.75, 3.05) is 18.5 Å². The van der Waals surface area contributed by atoms with Crippen molar-refractivity contribution in [2.45, 2.75) is 19.5 Å². The Hall–Kier alpha value is -3.40. The van der Waals surface area contributed by atoms with Gasteiger partial charge in [-0.05, 0) is 55.5 Å². The minimum atomic E-state index is -4.48. The van der Waals surface area contributed by atoms with Gasteiger partial charge in [-0.3, -0.25) is 9.59 Å². The van der Waals surface area contributed by atoms with Gasteiger partial charge < -0.3 is 15.4 Å². The number of benzene rings is 2. The van der Waals surface area contributed by atoms with E-state index >= 15 is 0 Å². The van der Waals surface area contributed by atoms with E-state index in [-0.39, 0.29) is 17.9 Å². The van der Waals surface area contributed by atoms with Crippen LogP contribution in [0.1, 0.15) is 23.0 Å². The van der Waals surface area contributed by atoms with Crippen LogP contribution in [0, 0.1) is 0 Å². The van der Waals surface area contributed by atoms with E-state index in [0.717, 1.165) is 16.3 Å². The highest BCUT2D eigenvalue weighted by Crippen LogP contribution is 2.26. The maximum Gasteiger partial charge on any atom is 0.405 e. The summed E-state index contributed by atoms with van der Waals surface area (Å²) >= 11 is 1.43. The second-order valence-corrected chi connectivity index (χ2v) is 7.56. The van der Waals surface area contributed by atoms with Crippen LogP contribution in [0.3, 0.4) is 0 Å². The van der Waals surface area contributed by atoms with Gasteiger partial charge in [-0.15, -0.1) is 11.3 Å². The number of carbonyl (C=O) groups excluding carboxylic acids is 2. The predicted molar refractivity (Wildman–Crippen MR) is 116 cm³/mol. The standard InChI is InChI=1S/C22H20F3N3O3S/c1-2-31-18-9-5-15(6-10-18)21-28-17(12-32-21)11-19(29)27-16-7-3-14(4-8-16)20(30)26-13-22(23,24)25/h3-10,12H,2,11,13H2,1H3,(H,26,30)(H,27,29). The van der Waals surface area contributed by atoms with E-state index < -0.39 is 18.6 Å². The maximum absolute atomic E-state index is 12.3. The quantitative estimate of drug-likeness (QED) is 0.508. The second-order valence-electron chi connectivity index (χ2n) is 6.70. The third-order valence-corrected chi connectivity index (χ3v) is 5.13. The average molecular weight is 463 g/mol. The van der Waals surface area contributed by atoms with Crippen LogP contribution in [0.4, 0.5) is 18.9 Å². The summed E-state index contributed by atoms with van der Waals surface area (Å²) in [5.41, 5.74) is 2.01. The molecule has 0 atom stereocenters. The molecule has 2 amide bonds. The molecule has 0 bridgehead atoms. The van der Waals surface area contributed by atoms with E-state index in [2.05, 4.69) is 10.3 Å². The topological polar surface area (TPSA) is 80.3 Å². The lowest BCUT2D eigenvalue weighted by Gasteiger charge is -2.09. The Morgan fingerprint density at radius 2 is 1.75 bits per heavy atom. The van der Waals surface area contributed by atoms with E-state index in [4.69, 9.17) is 4.74 Å². The fraction of sp³-hybridized carbons (Fsp3) is 0.227. The Kier molecular flexibility index (Phi) is 7.47. The highest BCUT2D eigenvalue weighted by atomic mass is 32.1. The van der Waals surface area contributed by atoms with Crippen molar-refractivity contribution < 1.29 is 27.5 Å². The molecule has 0 saturated carbocycles. The molecule has 0 aliphatic carbocycles. The van der Waals surface area contributed by atoms with Crippen molar-refractivity contribution in [1.82, 2.24) is 10.3 Å². The third kappa shape index (κ3) is 6.81. The third-order valence-electron chi connectivity index (χ3n) is 4.19. The van der Waals surface area contributed by atoms with Crippen molar-refractivity contribution in [3.05, 3.63) is 65.2 Å². The summed E-state index contributed by atoms with van der Waals surface area (Å²) in [6.07, 6.45) is -4.42. The average Bonchev–Trinajstić information content (AvgIpc) is 3.21. The fourth-order valence-corrected chi connectivity index (χ4v) is 3.56. The molecule has 1 aromatic heterocycles. The summed E-state index contributed by atoms with van der Waals surface area (Å²) in [5, 5.41) is 7.06. The molecular formula is C22H20F3N3O3S. The predicted octanol–water partition coefficient (Wildman–Crippen LogP) is 4.68. The first kappa shape index (κ1) is 23.3. The molecular weight excluding hydrogens is 443 g/mol. The van der Waals surface area contributed by atoms with Gasteiger partial charge in [-0.1, -0.05) is 0 Å². The molecule has 2 N–H and O–H groups in total. The number of thiazole rings is 1. The highest BCUT2D eigenvalue weighted by Gasteiger charge is 2.27. The van der Waals surface area contributed by atoms with Gasteiger partial charge in [0, 0.05) is 22.2 Å². The zero-order valence-electron chi connectivity index (χ0n) is 17.0. The summed E-state index contributed by atoms with van der Waals surface area (Å²) < 4.78 is 42.0. The first-order valence-corrected chi connectivity index (χ1v) is 10.5. The van der Waals surface area contributed by atoms with Gasteiger partial charge in [0.1, 0.15) is 17.3 Å². The molecule has 6 nitrogen and oxygen atoms in total.